The summed E-state index contributed by atoms with van der Waals surface area (Å²) in [6.45, 7) is -0.259. The Kier molecular flexibility index (Phi) is 9.89. The zero-order chi connectivity index (χ0) is 30.4. The number of para-hydroxylation sites is 1. The Hall–Kier alpha value is -4.32. The van der Waals surface area contributed by atoms with Crippen molar-refractivity contribution < 1.29 is 19.5 Å². The lowest BCUT2D eigenvalue weighted by molar-refractivity contribution is -0.126. The van der Waals surface area contributed by atoms with E-state index in [-0.39, 0.29) is 30.2 Å². The molecule has 0 aromatic heterocycles. The molecule has 12 heteroatoms. The summed E-state index contributed by atoms with van der Waals surface area (Å²) in [6.07, 6.45) is 3.30. The molecule has 0 saturated carbocycles. The van der Waals surface area contributed by atoms with Crippen molar-refractivity contribution in [3.05, 3.63) is 94.6 Å². The maximum Gasteiger partial charge on any atom is 0.244 e. The van der Waals surface area contributed by atoms with Crippen LogP contribution >= 0.6 is 24.2 Å². The first-order valence-corrected chi connectivity index (χ1v) is 14.0. The van der Waals surface area contributed by atoms with Gasteiger partial charge < -0.3 is 31.7 Å². The fourth-order valence-corrected chi connectivity index (χ4v) is 4.89. The highest BCUT2D eigenvalue weighted by Crippen LogP contribution is 2.39. The fraction of sp³-hybridized carbons (Fsp3) is 0.200. The van der Waals surface area contributed by atoms with Crippen LogP contribution in [0.15, 0.2) is 77.9 Å². The van der Waals surface area contributed by atoms with E-state index in [1.165, 1.54) is 18.1 Å². The Morgan fingerprint density at radius 3 is 2.55 bits per heavy atom. The first-order chi connectivity index (χ1) is 20.1. The number of amides is 3. The van der Waals surface area contributed by atoms with E-state index in [0.717, 1.165) is 5.56 Å². The summed E-state index contributed by atoms with van der Waals surface area (Å²) in [4.78, 5) is 45.7. The zero-order valence-electron chi connectivity index (χ0n) is 22.8. The summed E-state index contributed by atoms with van der Waals surface area (Å²) in [5.74, 6) is -1.69. The van der Waals surface area contributed by atoms with E-state index in [0.29, 0.717) is 27.5 Å². The van der Waals surface area contributed by atoms with Gasteiger partial charge in [-0.25, -0.2) is 0 Å². The minimum Gasteiger partial charge on any atom is -0.505 e. The second-order valence-corrected chi connectivity index (χ2v) is 10.5. The molecule has 0 radical (unpaired) electrons. The number of carbonyl (C=O) groups excluding carboxylic acids is 3. The molecule has 0 saturated heterocycles. The van der Waals surface area contributed by atoms with Crippen LogP contribution in [-0.2, 0) is 20.8 Å². The first kappa shape index (κ1) is 30.6. The lowest BCUT2D eigenvalue weighted by Crippen LogP contribution is -2.49. The molecule has 0 aliphatic carbocycles. The maximum atomic E-state index is 13.4. The van der Waals surface area contributed by atoms with Crippen LogP contribution in [0.1, 0.15) is 16.7 Å². The number of thiol groups is 1. The van der Waals surface area contributed by atoms with Crippen molar-refractivity contribution in [1.29, 1.82) is 0 Å². The fourth-order valence-electron chi connectivity index (χ4n) is 4.56. The average Bonchev–Trinajstić information content (AvgIpc) is 3.14. The van der Waals surface area contributed by atoms with Crippen LogP contribution in [-0.4, -0.2) is 60.5 Å². The number of hydrogen-bond donors (Lipinski definition) is 5. The largest absolute Gasteiger partial charge is 0.505 e. The molecule has 2 atom stereocenters. The molecule has 1 heterocycles. The van der Waals surface area contributed by atoms with Crippen LogP contribution in [0, 0.1) is 0 Å². The summed E-state index contributed by atoms with van der Waals surface area (Å²) in [5.41, 5.74) is 14.4. The number of fused-ring (bicyclic) bond motifs is 1. The van der Waals surface area contributed by atoms with Gasteiger partial charge in [0.05, 0.1) is 29.3 Å². The molecule has 0 bridgehead atoms. The third kappa shape index (κ3) is 6.93. The molecule has 218 valence electrons. The molecule has 42 heavy (non-hydrogen) atoms. The number of nitrogens with zero attached hydrogens (tertiary/aromatic N) is 3. The summed E-state index contributed by atoms with van der Waals surface area (Å²) < 4.78 is 0. The van der Waals surface area contributed by atoms with Gasteiger partial charge in [-0.1, -0.05) is 48.0 Å². The number of likely N-dealkylation sites (N-methyl/N-ethyl adjacent to an activating group) is 1. The molecule has 6 N–H and O–H groups in total. The Morgan fingerprint density at radius 2 is 1.86 bits per heavy atom. The van der Waals surface area contributed by atoms with Crippen molar-refractivity contribution in [3.8, 4) is 5.75 Å². The highest BCUT2D eigenvalue weighted by Gasteiger charge is 2.28. The third-order valence-corrected chi connectivity index (χ3v) is 7.37. The molecule has 4 rings (SSSR count). The molecule has 0 fully saturated rings. The van der Waals surface area contributed by atoms with E-state index in [1.54, 1.807) is 47.5 Å². The Labute approximate surface area is 254 Å². The highest BCUT2D eigenvalue weighted by atomic mass is 35.5. The van der Waals surface area contributed by atoms with Crippen molar-refractivity contribution in [1.82, 2.24) is 5.32 Å². The molecular formula is C30H31ClN6O4S. The van der Waals surface area contributed by atoms with E-state index < -0.39 is 29.8 Å². The topological polar surface area (TPSA) is 154 Å². The van der Waals surface area contributed by atoms with Gasteiger partial charge in [0.25, 0.3) is 0 Å². The standard InChI is InChI=1S/C30H31ClN6O4S/c1-36(30(41)22(32)17-42)25-9-5-8-21(28(25)39)26-15-34-14-19-13-20(31)10-11-24(19)37(26)16-27(38)35-23(29(33)40)12-18-6-3-2-4-7-18/h2-11,13-15,22-23,39,42H,12,16-17,32H2,1H3,(H2,33,40)(H,35,38)/t22?,23-/m0/s1. The van der Waals surface area contributed by atoms with Gasteiger partial charge in [-0.2, -0.15) is 12.6 Å². The van der Waals surface area contributed by atoms with Gasteiger partial charge >= 0.3 is 0 Å². The van der Waals surface area contributed by atoms with Crippen LogP contribution in [0.5, 0.6) is 5.75 Å². The number of halogens is 1. The highest BCUT2D eigenvalue weighted by molar-refractivity contribution is 7.80. The molecule has 3 aromatic rings. The van der Waals surface area contributed by atoms with Gasteiger partial charge in [-0.3, -0.25) is 19.4 Å². The predicted molar refractivity (Wildman–Crippen MR) is 169 cm³/mol. The molecule has 1 unspecified atom stereocenters. The lowest BCUT2D eigenvalue weighted by atomic mass is 10.0. The molecule has 1 aliphatic rings. The summed E-state index contributed by atoms with van der Waals surface area (Å²) in [5, 5.41) is 14.6. The Morgan fingerprint density at radius 1 is 1.12 bits per heavy atom. The van der Waals surface area contributed by atoms with Crippen molar-refractivity contribution in [3.63, 3.8) is 0 Å². The van der Waals surface area contributed by atoms with Gasteiger partial charge in [-0.05, 0) is 35.9 Å². The van der Waals surface area contributed by atoms with Crippen LogP contribution < -0.4 is 26.6 Å². The molecule has 3 amide bonds. The quantitative estimate of drug-likeness (QED) is 0.224. The number of nitrogens with two attached hydrogens (primary N) is 2. The van der Waals surface area contributed by atoms with E-state index in [9.17, 15) is 19.5 Å². The summed E-state index contributed by atoms with van der Waals surface area (Å²) >= 11 is 10.3. The number of nitrogens with one attached hydrogen (secondary N) is 1. The summed E-state index contributed by atoms with van der Waals surface area (Å²) in [7, 11) is 1.50. The van der Waals surface area contributed by atoms with Crippen LogP contribution in [0.3, 0.4) is 0 Å². The number of benzene rings is 3. The number of aromatic hydroxyl groups is 1. The normalized spacial score (nSPS) is 13.8. The van der Waals surface area contributed by atoms with Gasteiger partial charge in [0, 0.05) is 41.6 Å². The van der Waals surface area contributed by atoms with Crippen molar-refractivity contribution in [2.75, 3.05) is 29.1 Å². The van der Waals surface area contributed by atoms with Gasteiger partial charge in [0.2, 0.25) is 17.7 Å². The second kappa shape index (κ2) is 13.6. The van der Waals surface area contributed by atoms with Crippen molar-refractivity contribution >= 4 is 65.2 Å². The number of hydrogen-bond acceptors (Lipinski definition) is 8. The summed E-state index contributed by atoms with van der Waals surface area (Å²) in [6, 6.07) is 17.4. The number of rotatable bonds is 10. The van der Waals surface area contributed by atoms with E-state index in [4.69, 9.17) is 23.1 Å². The van der Waals surface area contributed by atoms with Gasteiger partial charge in [0.1, 0.15) is 18.3 Å². The molecular weight excluding hydrogens is 576 g/mol. The monoisotopic (exact) mass is 606 g/mol. The van der Waals surface area contributed by atoms with Crippen molar-refractivity contribution in [2.24, 2.45) is 16.5 Å². The van der Waals surface area contributed by atoms with Crippen molar-refractivity contribution in [2.45, 2.75) is 18.5 Å². The second-order valence-electron chi connectivity index (χ2n) is 9.65. The average molecular weight is 607 g/mol. The molecule has 10 nitrogen and oxygen atoms in total. The zero-order valence-corrected chi connectivity index (χ0v) is 24.4. The molecule has 0 spiro atoms. The maximum absolute atomic E-state index is 13.4. The number of phenolic OH excluding ortho intramolecular Hbond substituents is 1. The third-order valence-electron chi connectivity index (χ3n) is 6.74. The smallest absolute Gasteiger partial charge is 0.244 e. The Balaban J connectivity index is 1.70. The van der Waals surface area contributed by atoms with Gasteiger partial charge in [0.15, 0.2) is 0 Å². The number of phenols is 1. The van der Waals surface area contributed by atoms with Gasteiger partial charge in [-0.15, -0.1) is 0 Å². The number of carbonyl (C=O) groups is 3. The number of aliphatic imine (C=N–C) groups is 1. The minimum absolute atomic E-state index is 0.127. The molecule has 3 aromatic carbocycles. The van der Waals surface area contributed by atoms with E-state index >= 15 is 0 Å². The van der Waals surface area contributed by atoms with Crippen LogP contribution in [0.2, 0.25) is 5.02 Å². The lowest BCUT2D eigenvalue weighted by Gasteiger charge is -2.29. The van der Waals surface area contributed by atoms with E-state index in [1.807, 2.05) is 30.3 Å². The van der Waals surface area contributed by atoms with E-state index in [2.05, 4.69) is 22.9 Å². The minimum atomic E-state index is -0.951. The Bertz CT molecular complexity index is 1550. The first-order valence-electron chi connectivity index (χ1n) is 13.0. The molecule has 1 aliphatic heterocycles. The number of anilines is 2. The SMILES string of the molecule is CN(C(=O)C(N)CS)c1cccc(C2=CN=Cc3cc(Cl)ccc3N2CC(=O)N[C@@H](Cc2ccccc2)C(N)=O)c1O. The predicted octanol–water partition coefficient (Wildman–Crippen LogP) is 2.72. The number of primary amides is 1. The van der Waals surface area contributed by atoms with Crippen LogP contribution in [0.4, 0.5) is 11.4 Å². The van der Waals surface area contributed by atoms with Crippen LogP contribution in [0.25, 0.3) is 5.70 Å².